The molecule has 0 aliphatic carbocycles. The van der Waals surface area contributed by atoms with E-state index in [9.17, 15) is 9.59 Å². The van der Waals surface area contributed by atoms with E-state index in [0.29, 0.717) is 18.7 Å². The number of nitrogens with one attached hydrogen (secondary N) is 1. The Balaban J connectivity index is 2.21. The fourth-order valence-electron chi connectivity index (χ4n) is 3.22. The van der Waals surface area contributed by atoms with E-state index in [1.54, 1.807) is 12.0 Å². The highest BCUT2D eigenvalue weighted by molar-refractivity contribution is 5.88. The van der Waals surface area contributed by atoms with E-state index < -0.39 is 6.04 Å². The van der Waals surface area contributed by atoms with Gasteiger partial charge in [0.1, 0.15) is 17.5 Å². The minimum absolute atomic E-state index is 0.0445. The average Bonchev–Trinajstić information content (AvgIpc) is 2.77. The summed E-state index contributed by atoms with van der Waals surface area (Å²) in [6, 6.07) is 14.5. The van der Waals surface area contributed by atoms with Gasteiger partial charge in [0.25, 0.3) is 5.91 Å². The van der Waals surface area contributed by atoms with Crippen LogP contribution in [0.1, 0.15) is 44.7 Å². The molecular weight excluding hydrogens is 392 g/mol. The van der Waals surface area contributed by atoms with Crippen molar-refractivity contribution in [2.75, 3.05) is 13.7 Å². The molecule has 168 valence electrons. The van der Waals surface area contributed by atoms with Crippen LogP contribution in [0.2, 0.25) is 0 Å². The van der Waals surface area contributed by atoms with Crippen molar-refractivity contribution in [3.05, 3.63) is 59.7 Å². The van der Waals surface area contributed by atoms with Gasteiger partial charge in [-0.25, -0.2) is 0 Å². The van der Waals surface area contributed by atoms with E-state index in [2.05, 4.69) is 5.32 Å². The zero-order chi connectivity index (χ0) is 22.8. The molecule has 0 fully saturated rings. The van der Waals surface area contributed by atoms with E-state index in [0.717, 1.165) is 23.3 Å². The second-order valence-corrected chi connectivity index (χ2v) is 7.72. The molecule has 2 amide bonds. The van der Waals surface area contributed by atoms with Crippen molar-refractivity contribution in [2.45, 2.75) is 59.2 Å². The first-order valence-corrected chi connectivity index (χ1v) is 10.8. The topological polar surface area (TPSA) is 67.9 Å². The highest BCUT2D eigenvalue weighted by Gasteiger charge is 2.29. The lowest BCUT2D eigenvalue weighted by atomic mass is 10.1. The Hall–Kier alpha value is -3.02. The molecule has 0 heterocycles. The largest absolute Gasteiger partial charge is 0.497 e. The smallest absolute Gasteiger partial charge is 0.261 e. The van der Waals surface area contributed by atoms with Gasteiger partial charge in [0, 0.05) is 12.6 Å². The third kappa shape index (κ3) is 7.31. The van der Waals surface area contributed by atoms with Crippen molar-refractivity contribution in [2.24, 2.45) is 0 Å². The van der Waals surface area contributed by atoms with Crippen molar-refractivity contribution in [1.29, 1.82) is 0 Å². The third-order valence-corrected chi connectivity index (χ3v) is 5.25. The lowest BCUT2D eigenvalue weighted by Crippen LogP contribution is -2.51. The minimum Gasteiger partial charge on any atom is -0.497 e. The molecule has 2 aromatic carbocycles. The third-order valence-electron chi connectivity index (χ3n) is 5.25. The molecule has 2 atom stereocenters. The maximum absolute atomic E-state index is 13.2. The summed E-state index contributed by atoms with van der Waals surface area (Å²) in [5.41, 5.74) is 1.97. The Morgan fingerprint density at radius 3 is 2.32 bits per heavy atom. The van der Waals surface area contributed by atoms with Crippen LogP contribution in [-0.4, -0.2) is 42.5 Å². The summed E-state index contributed by atoms with van der Waals surface area (Å²) in [6.07, 6.45) is 1.33. The molecule has 0 aliphatic heterocycles. The number of hydrogen-bond donors (Lipinski definition) is 1. The molecule has 0 saturated heterocycles. The van der Waals surface area contributed by atoms with Gasteiger partial charge in [-0.1, -0.05) is 38.1 Å². The Morgan fingerprint density at radius 1 is 1.03 bits per heavy atom. The van der Waals surface area contributed by atoms with Crippen LogP contribution in [0, 0.1) is 6.92 Å². The monoisotopic (exact) mass is 426 g/mol. The van der Waals surface area contributed by atoms with E-state index in [1.807, 2.05) is 76.2 Å². The normalized spacial score (nSPS) is 12.5. The van der Waals surface area contributed by atoms with E-state index in [1.165, 1.54) is 0 Å². The van der Waals surface area contributed by atoms with Crippen molar-refractivity contribution in [3.8, 4) is 11.5 Å². The fourth-order valence-corrected chi connectivity index (χ4v) is 3.22. The molecular formula is C25H34N2O4. The minimum atomic E-state index is -0.579. The summed E-state index contributed by atoms with van der Waals surface area (Å²) in [7, 11) is 1.61. The van der Waals surface area contributed by atoms with Gasteiger partial charge in [0.15, 0.2) is 6.61 Å². The quantitative estimate of drug-likeness (QED) is 0.587. The number of amides is 2. The Labute approximate surface area is 185 Å². The Bertz CT molecular complexity index is 851. The summed E-state index contributed by atoms with van der Waals surface area (Å²) < 4.78 is 11.0. The summed E-state index contributed by atoms with van der Waals surface area (Å²) in [5.74, 6) is 0.999. The summed E-state index contributed by atoms with van der Waals surface area (Å²) in [6.45, 7) is 8.04. The standard InChI is InChI=1S/C25H34N2O4/c1-6-19(4)26-25(29)23(7-2)27(16-20-11-13-21(30-5)14-12-20)24(28)17-31-22-10-8-9-18(3)15-22/h8-15,19,23H,6-7,16-17H2,1-5H3,(H,26,29)/t19-,23-/m0/s1. The van der Waals surface area contributed by atoms with Crippen LogP contribution in [-0.2, 0) is 16.1 Å². The van der Waals surface area contributed by atoms with Crippen molar-refractivity contribution in [1.82, 2.24) is 10.2 Å². The molecule has 2 rings (SSSR count). The lowest BCUT2D eigenvalue weighted by molar-refractivity contribution is -0.143. The number of hydrogen-bond acceptors (Lipinski definition) is 4. The highest BCUT2D eigenvalue weighted by atomic mass is 16.5. The van der Waals surface area contributed by atoms with Gasteiger partial charge >= 0.3 is 0 Å². The summed E-state index contributed by atoms with van der Waals surface area (Å²) in [4.78, 5) is 27.7. The van der Waals surface area contributed by atoms with Crippen LogP contribution in [0.4, 0.5) is 0 Å². The van der Waals surface area contributed by atoms with Gasteiger partial charge in [0.05, 0.1) is 7.11 Å². The number of ether oxygens (including phenoxy) is 2. The van der Waals surface area contributed by atoms with Crippen LogP contribution in [0.5, 0.6) is 11.5 Å². The predicted octanol–water partition coefficient (Wildman–Crippen LogP) is 4.10. The first-order valence-electron chi connectivity index (χ1n) is 10.8. The first-order chi connectivity index (χ1) is 14.9. The molecule has 0 bridgehead atoms. The number of aryl methyl sites for hydroxylation is 1. The highest BCUT2D eigenvalue weighted by Crippen LogP contribution is 2.18. The number of carbonyl (C=O) groups is 2. The van der Waals surface area contributed by atoms with Gasteiger partial charge in [-0.15, -0.1) is 0 Å². The maximum atomic E-state index is 13.2. The van der Waals surface area contributed by atoms with Crippen LogP contribution < -0.4 is 14.8 Å². The number of rotatable bonds is 11. The zero-order valence-corrected chi connectivity index (χ0v) is 19.2. The van der Waals surface area contributed by atoms with Crippen molar-refractivity contribution >= 4 is 11.8 Å². The van der Waals surface area contributed by atoms with E-state index >= 15 is 0 Å². The molecule has 0 spiro atoms. The van der Waals surface area contributed by atoms with Crippen molar-refractivity contribution < 1.29 is 19.1 Å². The summed E-state index contributed by atoms with van der Waals surface area (Å²) in [5, 5.41) is 3.01. The molecule has 1 N–H and O–H groups in total. The molecule has 0 radical (unpaired) electrons. The van der Waals surface area contributed by atoms with Crippen LogP contribution in [0.3, 0.4) is 0 Å². The molecule has 31 heavy (non-hydrogen) atoms. The Kier molecular flexibility index (Phi) is 9.38. The molecule has 0 aliphatic rings. The van der Waals surface area contributed by atoms with E-state index in [-0.39, 0.29) is 24.5 Å². The van der Waals surface area contributed by atoms with Gasteiger partial charge in [0.2, 0.25) is 5.91 Å². The molecule has 6 heteroatoms. The first kappa shape index (κ1) is 24.3. The average molecular weight is 427 g/mol. The number of methoxy groups -OCH3 is 1. The van der Waals surface area contributed by atoms with Crippen LogP contribution in [0.15, 0.2) is 48.5 Å². The number of nitrogens with zero attached hydrogens (tertiary/aromatic N) is 1. The van der Waals surface area contributed by atoms with Crippen LogP contribution in [0.25, 0.3) is 0 Å². The number of benzene rings is 2. The fraction of sp³-hybridized carbons (Fsp3) is 0.440. The van der Waals surface area contributed by atoms with Gasteiger partial charge < -0.3 is 19.7 Å². The molecule has 2 aromatic rings. The molecule has 0 unspecified atom stereocenters. The van der Waals surface area contributed by atoms with Gasteiger partial charge in [-0.3, -0.25) is 9.59 Å². The number of carbonyl (C=O) groups excluding carboxylic acids is 2. The maximum Gasteiger partial charge on any atom is 0.261 e. The van der Waals surface area contributed by atoms with E-state index in [4.69, 9.17) is 9.47 Å². The summed E-state index contributed by atoms with van der Waals surface area (Å²) >= 11 is 0. The lowest BCUT2D eigenvalue weighted by Gasteiger charge is -2.31. The Morgan fingerprint density at radius 2 is 1.74 bits per heavy atom. The zero-order valence-electron chi connectivity index (χ0n) is 19.2. The second-order valence-electron chi connectivity index (χ2n) is 7.72. The second kappa shape index (κ2) is 12.0. The predicted molar refractivity (Wildman–Crippen MR) is 122 cm³/mol. The van der Waals surface area contributed by atoms with Crippen molar-refractivity contribution in [3.63, 3.8) is 0 Å². The van der Waals surface area contributed by atoms with Crippen LogP contribution >= 0.6 is 0 Å². The van der Waals surface area contributed by atoms with Gasteiger partial charge in [-0.2, -0.15) is 0 Å². The van der Waals surface area contributed by atoms with Gasteiger partial charge in [-0.05, 0) is 62.1 Å². The molecule has 6 nitrogen and oxygen atoms in total. The SMILES string of the molecule is CC[C@H](C)NC(=O)[C@H](CC)N(Cc1ccc(OC)cc1)C(=O)COc1cccc(C)c1. The molecule has 0 aromatic heterocycles. The molecule has 0 saturated carbocycles.